The van der Waals surface area contributed by atoms with Crippen LogP contribution in [0.4, 0.5) is 5.69 Å². The number of halogens is 1. The summed E-state index contributed by atoms with van der Waals surface area (Å²) in [6.45, 7) is 3.73. The molecule has 3 rings (SSSR count). The van der Waals surface area contributed by atoms with Crippen molar-refractivity contribution in [2.45, 2.75) is 25.2 Å². The van der Waals surface area contributed by atoms with E-state index in [0.717, 1.165) is 31.5 Å². The van der Waals surface area contributed by atoms with Gasteiger partial charge in [-0.1, -0.05) is 17.7 Å². The minimum Gasteiger partial charge on any atom is -0.347 e. The zero-order chi connectivity index (χ0) is 14.9. The number of piperidine rings is 1. The summed E-state index contributed by atoms with van der Waals surface area (Å²) >= 11 is 5.83. The first-order valence-corrected chi connectivity index (χ1v) is 7.39. The van der Waals surface area contributed by atoms with Gasteiger partial charge in [-0.25, -0.2) is 0 Å². The van der Waals surface area contributed by atoms with Crippen LogP contribution in [-0.4, -0.2) is 41.9 Å². The third-order valence-electron chi connectivity index (χ3n) is 4.04. The Kier molecular flexibility index (Phi) is 4.12. The Hall–Kier alpha value is -1.21. The second-order valence-electron chi connectivity index (χ2n) is 5.43. The quantitative estimate of drug-likeness (QED) is 0.634. The molecule has 1 spiro atoms. The van der Waals surface area contributed by atoms with Crippen LogP contribution in [0.2, 0.25) is 5.02 Å². The van der Waals surface area contributed by atoms with Gasteiger partial charge in [0, 0.05) is 38.5 Å². The fourth-order valence-electron chi connectivity index (χ4n) is 2.89. The topological polar surface area (TPSA) is 64.8 Å². The molecular weight excluding hydrogens is 296 g/mol. The summed E-state index contributed by atoms with van der Waals surface area (Å²) in [5.41, 5.74) is 0.861. The zero-order valence-electron chi connectivity index (χ0n) is 11.6. The molecule has 0 radical (unpaired) electrons. The van der Waals surface area contributed by atoms with E-state index in [2.05, 4.69) is 4.90 Å². The molecule has 0 bridgehead atoms. The van der Waals surface area contributed by atoms with Crippen molar-refractivity contribution in [2.75, 3.05) is 26.3 Å². The van der Waals surface area contributed by atoms with Crippen molar-refractivity contribution in [3.8, 4) is 0 Å². The summed E-state index contributed by atoms with van der Waals surface area (Å²) in [6.07, 6.45) is 1.67. The smallest absolute Gasteiger partial charge is 0.288 e. The van der Waals surface area contributed by atoms with Crippen molar-refractivity contribution < 1.29 is 14.4 Å². The van der Waals surface area contributed by atoms with Crippen LogP contribution < -0.4 is 0 Å². The Morgan fingerprint density at radius 3 is 2.57 bits per heavy atom. The minimum atomic E-state index is -0.447. The SMILES string of the molecule is O=[N+]([O-])c1cc(CN2CCC3(CC2)OCCO3)ccc1Cl. The average Bonchev–Trinajstić information content (AvgIpc) is 2.92. The molecule has 7 heteroatoms. The van der Waals surface area contributed by atoms with Gasteiger partial charge in [0.25, 0.3) is 5.69 Å². The monoisotopic (exact) mass is 312 g/mol. The molecule has 0 unspecified atom stereocenters. The van der Waals surface area contributed by atoms with Crippen LogP contribution in [0.5, 0.6) is 0 Å². The van der Waals surface area contributed by atoms with Crippen LogP contribution >= 0.6 is 11.6 Å². The van der Waals surface area contributed by atoms with Gasteiger partial charge in [-0.3, -0.25) is 15.0 Å². The van der Waals surface area contributed by atoms with Crippen molar-refractivity contribution in [3.05, 3.63) is 38.9 Å². The molecule has 0 N–H and O–H groups in total. The molecule has 114 valence electrons. The molecule has 0 aromatic heterocycles. The van der Waals surface area contributed by atoms with Crippen molar-refractivity contribution in [1.82, 2.24) is 4.90 Å². The van der Waals surface area contributed by atoms with E-state index in [1.807, 2.05) is 6.07 Å². The van der Waals surface area contributed by atoms with Gasteiger partial charge in [-0.15, -0.1) is 0 Å². The van der Waals surface area contributed by atoms with Crippen molar-refractivity contribution in [3.63, 3.8) is 0 Å². The molecule has 1 aromatic carbocycles. The molecule has 0 aliphatic carbocycles. The molecule has 2 fully saturated rings. The van der Waals surface area contributed by atoms with Gasteiger partial charge in [0.1, 0.15) is 5.02 Å². The second-order valence-corrected chi connectivity index (χ2v) is 5.83. The third-order valence-corrected chi connectivity index (χ3v) is 4.36. The summed E-state index contributed by atoms with van der Waals surface area (Å²) in [5.74, 6) is -0.386. The fourth-order valence-corrected chi connectivity index (χ4v) is 3.08. The fraction of sp³-hybridized carbons (Fsp3) is 0.571. The summed E-state index contributed by atoms with van der Waals surface area (Å²) < 4.78 is 11.4. The Morgan fingerprint density at radius 1 is 1.29 bits per heavy atom. The molecule has 2 heterocycles. The molecule has 2 aliphatic heterocycles. The van der Waals surface area contributed by atoms with Crippen LogP contribution in [0.1, 0.15) is 18.4 Å². The van der Waals surface area contributed by atoms with E-state index in [1.165, 1.54) is 0 Å². The second kappa shape index (κ2) is 5.88. The molecule has 2 saturated heterocycles. The lowest BCUT2D eigenvalue weighted by atomic mass is 10.0. The Labute approximate surface area is 127 Å². The van der Waals surface area contributed by atoms with E-state index in [1.54, 1.807) is 12.1 Å². The standard InChI is InChI=1S/C14H17ClN2O4/c15-12-2-1-11(9-13(12)17(18)19)10-16-5-3-14(4-6-16)20-7-8-21-14/h1-2,9H,3-8,10H2. The highest BCUT2D eigenvalue weighted by Crippen LogP contribution is 2.32. The molecule has 21 heavy (non-hydrogen) atoms. The third kappa shape index (κ3) is 3.18. The lowest BCUT2D eigenvalue weighted by Crippen LogP contribution is -2.44. The van der Waals surface area contributed by atoms with Crippen LogP contribution in [0.25, 0.3) is 0 Å². The number of benzene rings is 1. The lowest BCUT2D eigenvalue weighted by Gasteiger charge is -2.37. The van der Waals surface area contributed by atoms with Gasteiger partial charge in [0.2, 0.25) is 0 Å². The molecular formula is C14H17ClN2O4. The first-order chi connectivity index (χ1) is 10.1. The summed E-state index contributed by atoms with van der Waals surface area (Å²) in [7, 11) is 0. The highest BCUT2D eigenvalue weighted by Gasteiger charge is 2.39. The minimum absolute atomic E-state index is 0.0369. The average molecular weight is 313 g/mol. The number of nitrogens with zero attached hydrogens (tertiary/aromatic N) is 2. The van der Waals surface area contributed by atoms with Gasteiger partial charge in [0.05, 0.1) is 18.1 Å². The highest BCUT2D eigenvalue weighted by atomic mass is 35.5. The van der Waals surface area contributed by atoms with E-state index < -0.39 is 4.92 Å². The molecule has 2 aliphatic rings. The van der Waals surface area contributed by atoms with Crippen LogP contribution in [-0.2, 0) is 16.0 Å². The van der Waals surface area contributed by atoms with Gasteiger partial charge in [0.15, 0.2) is 5.79 Å². The lowest BCUT2D eigenvalue weighted by molar-refractivity contribution is -0.384. The van der Waals surface area contributed by atoms with E-state index in [9.17, 15) is 10.1 Å². The van der Waals surface area contributed by atoms with Crippen molar-refractivity contribution >= 4 is 17.3 Å². The summed E-state index contributed by atoms with van der Waals surface area (Å²) in [5, 5.41) is 11.1. The highest BCUT2D eigenvalue weighted by molar-refractivity contribution is 6.32. The zero-order valence-corrected chi connectivity index (χ0v) is 12.3. The molecule has 6 nitrogen and oxygen atoms in total. The maximum absolute atomic E-state index is 10.9. The van der Waals surface area contributed by atoms with E-state index in [4.69, 9.17) is 21.1 Å². The van der Waals surface area contributed by atoms with Crippen molar-refractivity contribution in [2.24, 2.45) is 0 Å². The molecule has 0 atom stereocenters. The number of nitro groups is 1. The number of hydrogen-bond donors (Lipinski definition) is 0. The summed E-state index contributed by atoms with van der Waals surface area (Å²) in [6, 6.07) is 4.97. The first kappa shape index (κ1) is 14.7. The number of hydrogen-bond acceptors (Lipinski definition) is 5. The molecule has 0 amide bonds. The van der Waals surface area contributed by atoms with Gasteiger partial charge < -0.3 is 9.47 Å². The number of rotatable bonds is 3. The number of likely N-dealkylation sites (tertiary alicyclic amines) is 1. The first-order valence-electron chi connectivity index (χ1n) is 7.01. The predicted molar refractivity (Wildman–Crippen MR) is 77.3 cm³/mol. The van der Waals surface area contributed by atoms with Gasteiger partial charge in [-0.05, 0) is 11.6 Å². The van der Waals surface area contributed by atoms with Crippen LogP contribution in [0.15, 0.2) is 18.2 Å². The normalized spacial score (nSPS) is 21.8. The van der Waals surface area contributed by atoms with E-state index >= 15 is 0 Å². The van der Waals surface area contributed by atoms with E-state index in [-0.39, 0.29) is 16.5 Å². The van der Waals surface area contributed by atoms with Gasteiger partial charge in [-0.2, -0.15) is 0 Å². The summed E-state index contributed by atoms with van der Waals surface area (Å²) in [4.78, 5) is 12.7. The largest absolute Gasteiger partial charge is 0.347 e. The Balaban J connectivity index is 1.63. The Bertz CT molecular complexity index is 536. The Morgan fingerprint density at radius 2 is 1.95 bits per heavy atom. The van der Waals surface area contributed by atoms with Crippen molar-refractivity contribution in [1.29, 1.82) is 0 Å². The van der Waals surface area contributed by atoms with Gasteiger partial charge >= 0.3 is 0 Å². The molecule has 1 aromatic rings. The van der Waals surface area contributed by atoms with Crippen LogP contribution in [0.3, 0.4) is 0 Å². The number of ether oxygens (including phenoxy) is 2. The van der Waals surface area contributed by atoms with Crippen LogP contribution in [0, 0.1) is 10.1 Å². The number of nitro benzene ring substituents is 1. The maximum atomic E-state index is 10.9. The molecule has 0 saturated carbocycles. The predicted octanol–water partition coefficient (Wildman–Crippen LogP) is 2.59. The van der Waals surface area contributed by atoms with E-state index in [0.29, 0.717) is 19.8 Å². The maximum Gasteiger partial charge on any atom is 0.288 e.